The Hall–Kier alpha value is -1.14. The SMILES string of the molecule is CCNC(=O)NC(=O)C(C)NC1COC1. The lowest BCUT2D eigenvalue weighted by Crippen LogP contribution is -2.55. The van der Waals surface area contributed by atoms with Gasteiger partial charge in [-0.05, 0) is 13.8 Å². The van der Waals surface area contributed by atoms with Crippen molar-refractivity contribution in [2.24, 2.45) is 0 Å². The van der Waals surface area contributed by atoms with Crippen molar-refractivity contribution in [1.82, 2.24) is 16.0 Å². The van der Waals surface area contributed by atoms with Crippen molar-refractivity contribution < 1.29 is 14.3 Å². The molecule has 1 saturated heterocycles. The van der Waals surface area contributed by atoms with Gasteiger partial charge in [0, 0.05) is 6.54 Å². The van der Waals surface area contributed by atoms with E-state index in [0.29, 0.717) is 19.8 Å². The molecule has 1 unspecified atom stereocenters. The highest BCUT2D eigenvalue weighted by Gasteiger charge is 2.23. The molecule has 0 saturated carbocycles. The summed E-state index contributed by atoms with van der Waals surface area (Å²) in [6.45, 7) is 5.25. The van der Waals surface area contributed by atoms with Crippen LogP contribution in [0.1, 0.15) is 13.8 Å². The first-order valence-corrected chi connectivity index (χ1v) is 5.06. The fourth-order valence-electron chi connectivity index (χ4n) is 1.19. The number of urea groups is 1. The topological polar surface area (TPSA) is 79.5 Å². The molecular weight excluding hydrogens is 198 g/mol. The van der Waals surface area contributed by atoms with E-state index in [0.717, 1.165) is 0 Å². The Morgan fingerprint density at radius 1 is 1.47 bits per heavy atom. The van der Waals surface area contributed by atoms with E-state index in [2.05, 4.69) is 16.0 Å². The lowest BCUT2D eigenvalue weighted by atomic mass is 10.2. The van der Waals surface area contributed by atoms with Crippen LogP contribution in [-0.4, -0.2) is 43.8 Å². The van der Waals surface area contributed by atoms with Crippen LogP contribution in [0.25, 0.3) is 0 Å². The van der Waals surface area contributed by atoms with Crippen molar-refractivity contribution in [2.75, 3.05) is 19.8 Å². The molecule has 1 aliphatic heterocycles. The van der Waals surface area contributed by atoms with Crippen LogP contribution in [0.3, 0.4) is 0 Å². The van der Waals surface area contributed by atoms with E-state index in [1.54, 1.807) is 13.8 Å². The molecule has 0 aromatic heterocycles. The zero-order valence-corrected chi connectivity index (χ0v) is 9.00. The summed E-state index contributed by atoms with van der Waals surface area (Å²) in [5.74, 6) is -0.326. The van der Waals surface area contributed by atoms with Gasteiger partial charge in [-0.1, -0.05) is 0 Å². The highest BCUT2D eigenvalue weighted by atomic mass is 16.5. The summed E-state index contributed by atoms with van der Waals surface area (Å²) in [5.41, 5.74) is 0. The van der Waals surface area contributed by atoms with E-state index in [1.165, 1.54) is 0 Å². The Balaban J connectivity index is 2.22. The predicted molar refractivity (Wildman–Crippen MR) is 54.4 cm³/mol. The van der Waals surface area contributed by atoms with Gasteiger partial charge >= 0.3 is 6.03 Å². The molecule has 3 amide bonds. The summed E-state index contributed by atoms with van der Waals surface area (Å²) in [4.78, 5) is 22.5. The van der Waals surface area contributed by atoms with E-state index in [1.807, 2.05) is 0 Å². The van der Waals surface area contributed by atoms with E-state index >= 15 is 0 Å². The van der Waals surface area contributed by atoms with E-state index < -0.39 is 6.03 Å². The molecule has 1 rings (SSSR count). The summed E-state index contributed by atoms with van der Waals surface area (Å²) >= 11 is 0. The number of amides is 3. The maximum Gasteiger partial charge on any atom is 0.321 e. The van der Waals surface area contributed by atoms with Gasteiger partial charge in [-0.2, -0.15) is 0 Å². The largest absolute Gasteiger partial charge is 0.378 e. The number of carbonyl (C=O) groups excluding carboxylic acids is 2. The van der Waals surface area contributed by atoms with E-state index in [9.17, 15) is 9.59 Å². The zero-order valence-electron chi connectivity index (χ0n) is 9.00. The van der Waals surface area contributed by atoms with Crippen molar-refractivity contribution in [2.45, 2.75) is 25.9 Å². The van der Waals surface area contributed by atoms with Crippen molar-refractivity contribution in [3.63, 3.8) is 0 Å². The highest BCUT2D eigenvalue weighted by Crippen LogP contribution is 2.00. The molecule has 6 heteroatoms. The Bertz CT molecular complexity index is 241. The van der Waals surface area contributed by atoms with Gasteiger partial charge in [0.25, 0.3) is 0 Å². The second-order valence-corrected chi connectivity index (χ2v) is 3.47. The molecule has 86 valence electrons. The molecule has 0 spiro atoms. The molecule has 3 N–H and O–H groups in total. The van der Waals surface area contributed by atoms with Crippen LogP contribution >= 0.6 is 0 Å². The number of carbonyl (C=O) groups is 2. The second-order valence-electron chi connectivity index (χ2n) is 3.47. The van der Waals surface area contributed by atoms with Gasteiger partial charge in [0.05, 0.1) is 25.3 Å². The first kappa shape index (κ1) is 11.9. The monoisotopic (exact) mass is 215 g/mol. The van der Waals surface area contributed by atoms with Gasteiger partial charge in [0.2, 0.25) is 5.91 Å². The number of rotatable bonds is 4. The maximum atomic E-state index is 11.4. The van der Waals surface area contributed by atoms with Crippen molar-refractivity contribution in [3.8, 4) is 0 Å². The molecular formula is C9H17N3O3. The minimum Gasteiger partial charge on any atom is -0.378 e. The van der Waals surface area contributed by atoms with Crippen LogP contribution < -0.4 is 16.0 Å². The Morgan fingerprint density at radius 3 is 2.60 bits per heavy atom. The predicted octanol–water partition coefficient (Wildman–Crippen LogP) is -0.791. The lowest BCUT2D eigenvalue weighted by Gasteiger charge is -2.29. The molecule has 1 aliphatic rings. The third-order valence-electron chi connectivity index (χ3n) is 2.09. The molecule has 0 aromatic rings. The first-order chi connectivity index (χ1) is 7.13. The highest BCUT2D eigenvalue weighted by molar-refractivity contribution is 5.96. The molecule has 0 aromatic carbocycles. The smallest absolute Gasteiger partial charge is 0.321 e. The molecule has 1 fully saturated rings. The van der Waals surface area contributed by atoms with Crippen molar-refractivity contribution in [1.29, 1.82) is 0 Å². The zero-order chi connectivity index (χ0) is 11.3. The summed E-state index contributed by atoms with van der Waals surface area (Å²) < 4.78 is 4.96. The van der Waals surface area contributed by atoms with Crippen LogP contribution in [0.4, 0.5) is 4.79 Å². The summed E-state index contributed by atoms with van der Waals surface area (Å²) in [6, 6.07) is -0.623. The number of ether oxygens (including phenoxy) is 1. The minimum atomic E-state index is -0.457. The Kier molecular flexibility index (Phi) is 4.51. The van der Waals surface area contributed by atoms with Crippen LogP contribution in [0, 0.1) is 0 Å². The molecule has 0 aliphatic carbocycles. The number of nitrogens with one attached hydrogen (secondary N) is 3. The third kappa shape index (κ3) is 3.85. The Morgan fingerprint density at radius 2 is 2.13 bits per heavy atom. The molecule has 15 heavy (non-hydrogen) atoms. The molecule has 1 heterocycles. The fourth-order valence-corrected chi connectivity index (χ4v) is 1.19. The van der Waals surface area contributed by atoms with Crippen molar-refractivity contribution in [3.05, 3.63) is 0 Å². The molecule has 6 nitrogen and oxygen atoms in total. The second kappa shape index (κ2) is 5.67. The lowest BCUT2D eigenvalue weighted by molar-refractivity contribution is -0.122. The number of hydrogen-bond donors (Lipinski definition) is 3. The molecule has 0 bridgehead atoms. The molecule has 1 atom stereocenters. The normalized spacial score (nSPS) is 17.7. The van der Waals surface area contributed by atoms with Crippen LogP contribution in [0.15, 0.2) is 0 Å². The van der Waals surface area contributed by atoms with E-state index in [4.69, 9.17) is 4.74 Å². The average Bonchev–Trinajstić information content (AvgIpc) is 2.11. The number of imide groups is 1. The van der Waals surface area contributed by atoms with Gasteiger partial charge in [-0.15, -0.1) is 0 Å². The summed E-state index contributed by atoms with van der Waals surface area (Å²) in [6.07, 6.45) is 0. The van der Waals surface area contributed by atoms with Gasteiger partial charge in [-0.3, -0.25) is 15.4 Å². The van der Waals surface area contributed by atoms with E-state index in [-0.39, 0.29) is 18.0 Å². The minimum absolute atomic E-state index is 0.222. The van der Waals surface area contributed by atoms with Crippen molar-refractivity contribution >= 4 is 11.9 Å². The van der Waals surface area contributed by atoms with Gasteiger partial charge < -0.3 is 10.1 Å². The van der Waals surface area contributed by atoms with Crippen LogP contribution in [-0.2, 0) is 9.53 Å². The van der Waals surface area contributed by atoms with Crippen LogP contribution in [0.5, 0.6) is 0 Å². The van der Waals surface area contributed by atoms with Gasteiger partial charge in [-0.25, -0.2) is 4.79 Å². The van der Waals surface area contributed by atoms with Crippen LogP contribution in [0.2, 0.25) is 0 Å². The quantitative estimate of drug-likeness (QED) is 0.574. The first-order valence-electron chi connectivity index (χ1n) is 5.06. The Labute approximate surface area is 88.7 Å². The average molecular weight is 215 g/mol. The summed E-state index contributed by atoms with van der Waals surface area (Å²) in [7, 11) is 0. The summed E-state index contributed by atoms with van der Waals surface area (Å²) in [5, 5.41) is 7.78. The number of hydrogen-bond acceptors (Lipinski definition) is 4. The van der Waals surface area contributed by atoms with Gasteiger partial charge in [0.15, 0.2) is 0 Å². The van der Waals surface area contributed by atoms with Gasteiger partial charge in [0.1, 0.15) is 0 Å². The fraction of sp³-hybridized carbons (Fsp3) is 0.778. The maximum absolute atomic E-state index is 11.4. The molecule has 0 radical (unpaired) electrons. The standard InChI is InChI=1S/C9H17N3O3/c1-3-10-9(14)12-8(13)6(2)11-7-4-15-5-7/h6-7,11H,3-5H2,1-2H3,(H2,10,12,13,14). The third-order valence-corrected chi connectivity index (χ3v) is 2.09.